The van der Waals surface area contributed by atoms with E-state index < -0.39 is 0 Å². The normalized spacial score (nSPS) is 12.8. The Bertz CT molecular complexity index is 800. The van der Waals surface area contributed by atoms with Crippen LogP contribution in [0.5, 0.6) is 0 Å². The monoisotopic (exact) mass is 323 g/mol. The van der Waals surface area contributed by atoms with Gasteiger partial charge in [0.1, 0.15) is 11.6 Å². The molecule has 2 N–H and O–H groups in total. The van der Waals surface area contributed by atoms with E-state index in [1.54, 1.807) is 18.2 Å². The molecular formula is C16H12ClF2NS. The molecule has 3 aromatic rings. The Morgan fingerprint density at radius 2 is 1.90 bits per heavy atom. The standard InChI is InChI=1S/C16H12ClF2NS/c17-11-3-1-9(13(19)7-11)5-14(20)16-6-10-2-4-12(18)8-15(10)21-16/h1-4,6-8,14H,5,20H2. The summed E-state index contributed by atoms with van der Waals surface area (Å²) in [5, 5.41) is 1.31. The van der Waals surface area contributed by atoms with Crippen LogP contribution in [-0.4, -0.2) is 0 Å². The van der Waals surface area contributed by atoms with Crippen molar-refractivity contribution >= 4 is 33.0 Å². The van der Waals surface area contributed by atoms with Crippen molar-refractivity contribution in [3.8, 4) is 0 Å². The van der Waals surface area contributed by atoms with Crippen LogP contribution in [0.15, 0.2) is 42.5 Å². The predicted octanol–water partition coefficient (Wildman–Crippen LogP) is 5.08. The van der Waals surface area contributed by atoms with Crippen LogP contribution in [0.25, 0.3) is 10.1 Å². The molecule has 0 aliphatic heterocycles. The van der Waals surface area contributed by atoms with E-state index in [4.69, 9.17) is 17.3 Å². The number of fused-ring (bicyclic) bond motifs is 1. The largest absolute Gasteiger partial charge is 0.323 e. The maximum Gasteiger partial charge on any atom is 0.127 e. The van der Waals surface area contributed by atoms with Gasteiger partial charge in [-0.3, -0.25) is 0 Å². The Morgan fingerprint density at radius 3 is 2.67 bits per heavy atom. The number of hydrogen-bond acceptors (Lipinski definition) is 2. The summed E-state index contributed by atoms with van der Waals surface area (Å²) in [6.07, 6.45) is 0.373. The molecule has 1 nitrogen and oxygen atoms in total. The van der Waals surface area contributed by atoms with Crippen LogP contribution >= 0.6 is 22.9 Å². The van der Waals surface area contributed by atoms with Crippen molar-refractivity contribution < 1.29 is 8.78 Å². The summed E-state index contributed by atoms with van der Waals surface area (Å²) in [4.78, 5) is 0.907. The first-order chi connectivity index (χ1) is 10.0. The molecule has 0 aliphatic rings. The number of hydrogen-bond donors (Lipinski definition) is 1. The fourth-order valence-electron chi connectivity index (χ4n) is 2.23. The Hall–Kier alpha value is -1.49. The van der Waals surface area contributed by atoms with Crippen molar-refractivity contribution in [1.82, 2.24) is 0 Å². The van der Waals surface area contributed by atoms with Crippen LogP contribution in [0.4, 0.5) is 8.78 Å². The van der Waals surface area contributed by atoms with Gasteiger partial charge in [0.05, 0.1) is 0 Å². The van der Waals surface area contributed by atoms with Gasteiger partial charge in [-0.2, -0.15) is 0 Å². The number of benzene rings is 2. The molecule has 21 heavy (non-hydrogen) atoms. The molecule has 1 heterocycles. The lowest BCUT2D eigenvalue weighted by atomic mass is 10.0. The van der Waals surface area contributed by atoms with E-state index in [0.717, 1.165) is 15.0 Å². The number of nitrogens with two attached hydrogens (primary N) is 1. The number of thiophene rings is 1. The molecule has 0 fully saturated rings. The van der Waals surface area contributed by atoms with Crippen molar-refractivity contribution in [1.29, 1.82) is 0 Å². The van der Waals surface area contributed by atoms with Gasteiger partial charge in [-0.25, -0.2) is 8.78 Å². The highest BCUT2D eigenvalue weighted by Gasteiger charge is 2.14. The van der Waals surface area contributed by atoms with Gasteiger partial charge in [0, 0.05) is 20.6 Å². The maximum absolute atomic E-state index is 13.8. The fraction of sp³-hybridized carbons (Fsp3) is 0.125. The maximum atomic E-state index is 13.8. The Morgan fingerprint density at radius 1 is 1.10 bits per heavy atom. The molecule has 1 unspecified atom stereocenters. The van der Waals surface area contributed by atoms with Crippen LogP contribution in [0, 0.1) is 11.6 Å². The molecule has 0 amide bonds. The zero-order valence-electron chi connectivity index (χ0n) is 10.9. The third kappa shape index (κ3) is 3.07. The third-order valence-corrected chi connectivity index (χ3v) is 4.79. The van der Waals surface area contributed by atoms with E-state index in [-0.39, 0.29) is 17.7 Å². The molecule has 5 heteroatoms. The molecule has 0 saturated heterocycles. The fourth-order valence-corrected chi connectivity index (χ4v) is 3.48. The van der Waals surface area contributed by atoms with Crippen molar-refractivity contribution in [2.75, 3.05) is 0 Å². The van der Waals surface area contributed by atoms with Crippen molar-refractivity contribution in [3.05, 3.63) is 69.6 Å². The molecule has 1 atom stereocenters. The summed E-state index contributed by atoms with van der Waals surface area (Å²) < 4.78 is 27.8. The number of halogens is 3. The smallest absolute Gasteiger partial charge is 0.127 e. The van der Waals surface area contributed by atoms with Gasteiger partial charge < -0.3 is 5.73 Å². The Balaban J connectivity index is 1.87. The minimum Gasteiger partial charge on any atom is -0.323 e. The highest BCUT2D eigenvalue weighted by Crippen LogP contribution is 2.31. The van der Waals surface area contributed by atoms with Gasteiger partial charge in [0.25, 0.3) is 0 Å². The average Bonchev–Trinajstić information content (AvgIpc) is 2.85. The molecular weight excluding hydrogens is 312 g/mol. The second-order valence-electron chi connectivity index (χ2n) is 4.88. The lowest BCUT2D eigenvalue weighted by Crippen LogP contribution is -2.12. The first kappa shape index (κ1) is 14.4. The van der Waals surface area contributed by atoms with E-state index >= 15 is 0 Å². The zero-order chi connectivity index (χ0) is 15.0. The van der Waals surface area contributed by atoms with Crippen molar-refractivity contribution in [2.45, 2.75) is 12.5 Å². The van der Waals surface area contributed by atoms with E-state index in [1.807, 2.05) is 6.07 Å². The van der Waals surface area contributed by atoms with Crippen LogP contribution < -0.4 is 5.73 Å². The van der Waals surface area contributed by atoms with E-state index in [0.29, 0.717) is 17.0 Å². The summed E-state index contributed by atoms with van der Waals surface area (Å²) in [5.41, 5.74) is 6.68. The van der Waals surface area contributed by atoms with Gasteiger partial charge in [0.15, 0.2) is 0 Å². The molecule has 1 aromatic heterocycles. The molecule has 0 aliphatic carbocycles. The molecule has 0 radical (unpaired) electrons. The van der Waals surface area contributed by atoms with Crippen LogP contribution in [0.1, 0.15) is 16.5 Å². The summed E-state index contributed by atoms with van der Waals surface area (Å²) >= 11 is 7.17. The van der Waals surface area contributed by atoms with Crippen LogP contribution in [0.2, 0.25) is 5.02 Å². The molecule has 0 saturated carbocycles. The number of rotatable bonds is 3. The Kier molecular flexibility index (Phi) is 3.93. The minimum atomic E-state index is -0.356. The van der Waals surface area contributed by atoms with Gasteiger partial charge in [-0.15, -0.1) is 11.3 Å². The van der Waals surface area contributed by atoms with Crippen molar-refractivity contribution in [3.63, 3.8) is 0 Å². The molecule has 108 valence electrons. The summed E-state index contributed by atoms with van der Waals surface area (Å²) in [6, 6.07) is 10.8. The average molecular weight is 324 g/mol. The van der Waals surface area contributed by atoms with Gasteiger partial charge in [0.2, 0.25) is 0 Å². The van der Waals surface area contributed by atoms with Crippen LogP contribution in [-0.2, 0) is 6.42 Å². The lowest BCUT2D eigenvalue weighted by molar-refractivity contribution is 0.595. The van der Waals surface area contributed by atoms with E-state index in [2.05, 4.69) is 0 Å². The topological polar surface area (TPSA) is 26.0 Å². The zero-order valence-corrected chi connectivity index (χ0v) is 12.5. The molecule has 2 aromatic carbocycles. The summed E-state index contributed by atoms with van der Waals surface area (Å²) in [7, 11) is 0. The summed E-state index contributed by atoms with van der Waals surface area (Å²) in [6.45, 7) is 0. The molecule has 0 spiro atoms. The van der Waals surface area contributed by atoms with E-state index in [9.17, 15) is 8.78 Å². The van der Waals surface area contributed by atoms with Crippen molar-refractivity contribution in [2.24, 2.45) is 5.73 Å². The summed E-state index contributed by atoms with van der Waals surface area (Å²) in [5.74, 6) is -0.627. The predicted molar refractivity (Wildman–Crippen MR) is 83.8 cm³/mol. The highest BCUT2D eigenvalue weighted by atomic mass is 35.5. The minimum absolute atomic E-state index is 0.270. The SMILES string of the molecule is NC(Cc1ccc(Cl)cc1F)c1cc2ccc(F)cc2s1. The van der Waals surface area contributed by atoms with Gasteiger partial charge in [-0.1, -0.05) is 23.7 Å². The second kappa shape index (κ2) is 5.72. The molecule has 0 bridgehead atoms. The lowest BCUT2D eigenvalue weighted by Gasteiger charge is -2.10. The first-order valence-electron chi connectivity index (χ1n) is 6.41. The van der Waals surface area contributed by atoms with Gasteiger partial charge >= 0.3 is 0 Å². The third-order valence-electron chi connectivity index (χ3n) is 3.32. The highest BCUT2D eigenvalue weighted by molar-refractivity contribution is 7.19. The van der Waals surface area contributed by atoms with E-state index in [1.165, 1.54) is 29.5 Å². The quantitative estimate of drug-likeness (QED) is 0.715. The Labute approximate surface area is 130 Å². The second-order valence-corrected chi connectivity index (χ2v) is 6.43. The van der Waals surface area contributed by atoms with Crippen LogP contribution in [0.3, 0.4) is 0 Å². The first-order valence-corrected chi connectivity index (χ1v) is 7.61. The van der Waals surface area contributed by atoms with Gasteiger partial charge in [-0.05, 0) is 47.7 Å². The molecule has 3 rings (SSSR count).